The lowest BCUT2D eigenvalue weighted by Crippen LogP contribution is -2.33. The molecular formula is C25H32N4O. The van der Waals surface area contributed by atoms with Crippen molar-refractivity contribution in [3.63, 3.8) is 0 Å². The molecule has 3 rings (SSSR count). The third kappa shape index (κ3) is 6.28. The number of pyridine rings is 1. The van der Waals surface area contributed by atoms with Gasteiger partial charge in [-0.2, -0.15) is 0 Å². The van der Waals surface area contributed by atoms with Crippen LogP contribution in [-0.4, -0.2) is 27.0 Å². The molecule has 2 heterocycles. The topological polar surface area (TPSA) is 51.0 Å². The Morgan fingerprint density at radius 2 is 1.80 bits per heavy atom. The van der Waals surface area contributed by atoms with Crippen LogP contribution in [0, 0.1) is 13.8 Å². The predicted octanol–water partition coefficient (Wildman–Crippen LogP) is 5.12. The number of benzene rings is 1. The van der Waals surface area contributed by atoms with Crippen molar-refractivity contribution in [3.05, 3.63) is 78.1 Å². The fourth-order valence-electron chi connectivity index (χ4n) is 3.88. The van der Waals surface area contributed by atoms with Crippen molar-refractivity contribution in [3.8, 4) is 0 Å². The van der Waals surface area contributed by atoms with E-state index in [4.69, 9.17) is 0 Å². The molecule has 0 fully saturated rings. The van der Waals surface area contributed by atoms with Crippen LogP contribution in [0.3, 0.4) is 0 Å². The molecule has 5 heteroatoms. The number of nitrogens with zero attached hydrogens (tertiary/aromatic N) is 4. The Hall–Kier alpha value is -2.95. The monoisotopic (exact) mass is 404 g/mol. The van der Waals surface area contributed by atoms with Crippen molar-refractivity contribution in [2.24, 2.45) is 0 Å². The smallest absolute Gasteiger partial charge is 0.227 e. The number of hydrogen-bond acceptors (Lipinski definition) is 3. The van der Waals surface area contributed by atoms with Gasteiger partial charge in [-0.25, -0.2) is 4.98 Å². The zero-order chi connectivity index (χ0) is 21.2. The highest BCUT2D eigenvalue weighted by atomic mass is 16.2. The maximum Gasteiger partial charge on any atom is 0.227 e. The summed E-state index contributed by atoms with van der Waals surface area (Å²) in [6, 6.07) is 10.3. The number of amides is 1. The molecule has 158 valence electrons. The molecule has 0 aliphatic carbocycles. The van der Waals surface area contributed by atoms with Crippen LogP contribution in [0.4, 0.5) is 5.69 Å². The fraction of sp³-hybridized carbons (Fsp3) is 0.400. The van der Waals surface area contributed by atoms with E-state index in [0.717, 1.165) is 62.0 Å². The Bertz CT molecular complexity index is 886. The molecular weight excluding hydrogens is 372 g/mol. The minimum Gasteiger partial charge on any atom is -0.337 e. The van der Waals surface area contributed by atoms with Crippen molar-refractivity contribution in [1.82, 2.24) is 14.5 Å². The molecule has 0 spiro atoms. The summed E-state index contributed by atoms with van der Waals surface area (Å²) in [4.78, 5) is 23.5. The maximum atomic E-state index is 13.2. The van der Waals surface area contributed by atoms with E-state index >= 15 is 0 Å². The summed E-state index contributed by atoms with van der Waals surface area (Å²) in [5.74, 6) is 0.214. The summed E-state index contributed by atoms with van der Waals surface area (Å²) in [5.41, 5.74) is 4.59. The van der Waals surface area contributed by atoms with Gasteiger partial charge in [0, 0.05) is 50.0 Å². The number of imidazole rings is 1. The van der Waals surface area contributed by atoms with E-state index in [0.29, 0.717) is 6.42 Å². The second kappa shape index (κ2) is 11.3. The van der Waals surface area contributed by atoms with Crippen LogP contribution in [-0.2, 0) is 17.8 Å². The van der Waals surface area contributed by atoms with Gasteiger partial charge in [0.05, 0.1) is 6.33 Å². The normalized spacial score (nSPS) is 10.9. The Balaban J connectivity index is 1.57. The van der Waals surface area contributed by atoms with E-state index in [2.05, 4.69) is 52.6 Å². The van der Waals surface area contributed by atoms with Crippen molar-refractivity contribution in [2.75, 3.05) is 11.4 Å². The highest BCUT2D eigenvalue weighted by Crippen LogP contribution is 2.26. The zero-order valence-corrected chi connectivity index (χ0v) is 18.1. The number of rotatable bonds is 11. The first kappa shape index (κ1) is 21.8. The van der Waals surface area contributed by atoms with Gasteiger partial charge >= 0.3 is 0 Å². The van der Waals surface area contributed by atoms with E-state index in [1.165, 1.54) is 5.56 Å². The zero-order valence-electron chi connectivity index (χ0n) is 18.1. The van der Waals surface area contributed by atoms with Crippen LogP contribution >= 0.6 is 0 Å². The maximum absolute atomic E-state index is 13.2. The molecule has 1 amide bonds. The number of carbonyl (C=O) groups is 1. The lowest BCUT2D eigenvalue weighted by atomic mass is 10.1. The predicted molar refractivity (Wildman–Crippen MR) is 122 cm³/mol. The van der Waals surface area contributed by atoms with Crippen LogP contribution in [0.5, 0.6) is 0 Å². The summed E-state index contributed by atoms with van der Waals surface area (Å²) < 4.78 is 2.10. The van der Waals surface area contributed by atoms with Gasteiger partial charge in [0.1, 0.15) is 0 Å². The van der Waals surface area contributed by atoms with E-state index in [-0.39, 0.29) is 5.91 Å². The molecule has 0 aliphatic heterocycles. The first-order chi connectivity index (χ1) is 14.6. The molecule has 1 aromatic carbocycles. The Morgan fingerprint density at radius 3 is 2.50 bits per heavy atom. The summed E-state index contributed by atoms with van der Waals surface area (Å²) in [7, 11) is 0. The minimum atomic E-state index is 0.214. The molecule has 5 nitrogen and oxygen atoms in total. The van der Waals surface area contributed by atoms with Crippen LogP contribution in [0.1, 0.15) is 48.8 Å². The van der Waals surface area contributed by atoms with Gasteiger partial charge in [-0.15, -0.1) is 0 Å². The van der Waals surface area contributed by atoms with E-state index in [1.807, 2.05) is 35.9 Å². The lowest BCUT2D eigenvalue weighted by Gasteiger charge is -2.26. The standard InChI is InChI=1S/C25H32N4O/c1-21-9-6-10-22(2)25(21)29(17-5-3-4-16-28-18-15-27-20-28)24(30)13-7-11-23-12-8-14-26-19-23/h6,8-10,12,14-15,18-20H,3-5,7,11,13,16-17H2,1-2H3. The molecule has 0 saturated heterocycles. The average molecular weight is 405 g/mol. The lowest BCUT2D eigenvalue weighted by molar-refractivity contribution is -0.118. The Morgan fingerprint density at radius 1 is 0.967 bits per heavy atom. The number of aryl methyl sites for hydroxylation is 4. The second-order valence-electron chi connectivity index (χ2n) is 7.86. The van der Waals surface area contributed by atoms with Crippen molar-refractivity contribution in [1.29, 1.82) is 0 Å². The third-order valence-corrected chi connectivity index (χ3v) is 5.45. The highest BCUT2D eigenvalue weighted by Gasteiger charge is 2.18. The Labute approximate surface area is 179 Å². The van der Waals surface area contributed by atoms with Gasteiger partial charge in [0.25, 0.3) is 0 Å². The van der Waals surface area contributed by atoms with Gasteiger partial charge in [-0.1, -0.05) is 24.3 Å². The number of para-hydroxylation sites is 1. The summed E-state index contributed by atoms with van der Waals surface area (Å²) >= 11 is 0. The third-order valence-electron chi connectivity index (χ3n) is 5.45. The van der Waals surface area contributed by atoms with Gasteiger partial charge in [0.2, 0.25) is 5.91 Å². The summed E-state index contributed by atoms with van der Waals surface area (Å²) in [5, 5.41) is 0. The first-order valence-electron chi connectivity index (χ1n) is 10.9. The number of hydrogen-bond donors (Lipinski definition) is 0. The number of anilines is 1. The highest BCUT2D eigenvalue weighted by molar-refractivity contribution is 5.94. The van der Waals surface area contributed by atoms with Gasteiger partial charge < -0.3 is 9.47 Å². The van der Waals surface area contributed by atoms with Crippen LogP contribution in [0.2, 0.25) is 0 Å². The van der Waals surface area contributed by atoms with E-state index in [9.17, 15) is 4.79 Å². The molecule has 0 atom stereocenters. The molecule has 0 unspecified atom stereocenters. The quantitative estimate of drug-likeness (QED) is 0.417. The van der Waals surface area contributed by atoms with Crippen LogP contribution < -0.4 is 4.90 Å². The molecule has 2 aromatic heterocycles. The fourth-order valence-corrected chi connectivity index (χ4v) is 3.88. The second-order valence-corrected chi connectivity index (χ2v) is 7.86. The molecule has 0 bridgehead atoms. The van der Waals surface area contributed by atoms with Gasteiger partial charge in [-0.05, 0) is 68.7 Å². The van der Waals surface area contributed by atoms with Crippen molar-refractivity contribution < 1.29 is 4.79 Å². The van der Waals surface area contributed by atoms with Crippen LogP contribution in [0.15, 0.2) is 61.4 Å². The molecule has 0 saturated carbocycles. The minimum absolute atomic E-state index is 0.214. The largest absolute Gasteiger partial charge is 0.337 e. The number of carbonyl (C=O) groups excluding carboxylic acids is 1. The average Bonchev–Trinajstić information content (AvgIpc) is 3.26. The molecule has 0 radical (unpaired) electrons. The molecule has 3 aromatic rings. The van der Waals surface area contributed by atoms with Gasteiger partial charge in [0.15, 0.2) is 0 Å². The van der Waals surface area contributed by atoms with Crippen molar-refractivity contribution >= 4 is 11.6 Å². The van der Waals surface area contributed by atoms with Crippen molar-refractivity contribution in [2.45, 2.75) is 58.9 Å². The van der Waals surface area contributed by atoms with Crippen LogP contribution in [0.25, 0.3) is 0 Å². The van der Waals surface area contributed by atoms with E-state index in [1.54, 1.807) is 6.20 Å². The SMILES string of the molecule is Cc1cccc(C)c1N(CCCCCn1ccnc1)C(=O)CCCc1cccnc1. The molecule has 0 N–H and O–H groups in total. The summed E-state index contributed by atoms with van der Waals surface area (Å²) in [6.45, 7) is 5.93. The molecule has 30 heavy (non-hydrogen) atoms. The first-order valence-corrected chi connectivity index (χ1v) is 10.9. The van der Waals surface area contributed by atoms with Gasteiger partial charge in [-0.3, -0.25) is 9.78 Å². The number of aromatic nitrogens is 3. The Kier molecular flexibility index (Phi) is 8.19. The summed E-state index contributed by atoms with van der Waals surface area (Å²) in [6.07, 6.45) is 14.8. The molecule has 0 aliphatic rings. The number of unbranched alkanes of at least 4 members (excludes halogenated alkanes) is 2. The van der Waals surface area contributed by atoms with E-state index < -0.39 is 0 Å².